The van der Waals surface area contributed by atoms with Gasteiger partial charge in [-0.25, -0.2) is 9.98 Å². The van der Waals surface area contributed by atoms with Crippen LogP contribution < -0.4 is 31.7 Å². The van der Waals surface area contributed by atoms with E-state index in [-0.39, 0.29) is 23.0 Å². The first-order valence-corrected chi connectivity index (χ1v) is 9.49. The zero-order valence-corrected chi connectivity index (χ0v) is 16.4. The molecule has 4 rings (SSSR count). The molecule has 0 spiro atoms. The number of methoxy groups -OCH3 is 1. The van der Waals surface area contributed by atoms with Gasteiger partial charge in [0.15, 0.2) is 6.19 Å². The van der Waals surface area contributed by atoms with Gasteiger partial charge in [-0.05, 0) is 30.5 Å². The molecule has 2 aromatic rings. The zero-order chi connectivity index (χ0) is 21.3. The van der Waals surface area contributed by atoms with Crippen LogP contribution in [0.1, 0.15) is 35.6 Å². The number of aromatic nitrogens is 1. The van der Waals surface area contributed by atoms with Crippen LogP contribution in [0.5, 0.6) is 5.75 Å². The summed E-state index contributed by atoms with van der Waals surface area (Å²) in [5.41, 5.74) is 14.8. The second-order valence-corrected chi connectivity index (χ2v) is 7.03. The fourth-order valence-corrected chi connectivity index (χ4v) is 3.91. The lowest BCUT2D eigenvalue weighted by Crippen LogP contribution is -2.32. The molecule has 1 unspecified atom stereocenters. The van der Waals surface area contributed by atoms with Crippen LogP contribution >= 0.6 is 0 Å². The molecule has 1 atom stereocenters. The minimum absolute atomic E-state index is 0.0140. The molecule has 152 valence electrons. The summed E-state index contributed by atoms with van der Waals surface area (Å²) < 4.78 is 5.65. The molecule has 30 heavy (non-hydrogen) atoms. The molecule has 3 heterocycles. The van der Waals surface area contributed by atoms with Gasteiger partial charge in [-0.3, -0.25) is 5.32 Å². The van der Waals surface area contributed by atoms with E-state index in [1.165, 1.54) is 0 Å². The largest absolute Gasteiger partial charge is 0.495 e. The third-order valence-electron chi connectivity index (χ3n) is 5.32. The van der Waals surface area contributed by atoms with Crippen LogP contribution in [0.4, 0.5) is 23.0 Å². The molecule has 2 aliphatic heterocycles. The third kappa shape index (κ3) is 3.14. The fraction of sp³-hybridized carbons (Fsp3) is 0.300. The zero-order valence-electron chi connectivity index (χ0n) is 16.4. The van der Waals surface area contributed by atoms with E-state index in [9.17, 15) is 5.26 Å². The maximum atomic E-state index is 9.45. The average Bonchev–Trinajstić information content (AvgIpc) is 3.27. The Hall–Kier alpha value is -4.18. The van der Waals surface area contributed by atoms with Crippen LogP contribution in [0, 0.1) is 22.8 Å². The van der Waals surface area contributed by atoms with Gasteiger partial charge >= 0.3 is 0 Å². The summed E-state index contributed by atoms with van der Waals surface area (Å²) in [5.74, 6) is 1.31. The van der Waals surface area contributed by atoms with Crippen molar-refractivity contribution in [3.05, 3.63) is 34.9 Å². The molecule has 0 aliphatic carbocycles. The van der Waals surface area contributed by atoms with E-state index >= 15 is 0 Å². The second kappa shape index (κ2) is 7.68. The first kappa shape index (κ1) is 19.2. The van der Waals surface area contributed by atoms with Crippen molar-refractivity contribution in [1.82, 2.24) is 10.3 Å². The quantitative estimate of drug-likeness (QED) is 0.441. The van der Waals surface area contributed by atoms with Crippen LogP contribution in [0.15, 0.2) is 23.2 Å². The summed E-state index contributed by atoms with van der Waals surface area (Å²) in [4.78, 5) is 11.1. The Labute approximate surface area is 173 Å². The van der Waals surface area contributed by atoms with Crippen molar-refractivity contribution in [2.45, 2.75) is 18.9 Å². The Balaban J connectivity index is 1.85. The number of aliphatic imine (C=N–C) groups is 1. The summed E-state index contributed by atoms with van der Waals surface area (Å²) in [6.45, 7) is 1.98. The molecular formula is C20H21N9O. The third-order valence-corrected chi connectivity index (χ3v) is 5.32. The highest BCUT2D eigenvalue weighted by Gasteiger charge is 2.30. The topological polar surface area (TPSA) is 161 Å². The molecule has 0 amide bonds. The predicted molar refractivity (Wildman–Crippen MR) is 114 cm³/mol. The molecule has 2 aliphatic rings. The van der Waals surface area contributed by atoms with Crippen molar-refractivity contribution < 1.29 is 4.74 Å². The van der Waals surface area contributed by atoms with Crippen LogP contribution in [-0.4, -0.2) is 31.1 Å². The number of anilines is 4. The molecule has 0 radical (unpaired) electrons. The Kier molecular flexibility index (Phi) is 4.90. The number of guanidine groups is 1. The lowest BCUT2D eigenvalue weighted by atomic mass is 9.94. The van der Waals surface area contributed by atoms with E-state index in [0.29, 0.717) is 11.4 Å². The molecule has 1 saturated heterocycles. The molecule has 1 aromatic carbocycles. The van der Waals surface area contributed by atoms with Gasteiger partial charge in [0.25, 0.3) is 0 Å². The lowest BCUT2D eigenvalue weighted by Gasteiger charge is -2.27. The SMILES string of the molecule is COc1cc(C2N=C(NC#N)Nc3nc(N)c(C#N)c(N)c32)ccc1N1CCCC1. The summed E-state index contributed by atoms with van der Waals surface area (Å²) in [7, 11) is 1.63. The van der Waals surface area contributed by atoms with Crippen molar-refractivity contribution >= 4 is 29.0 Å². The number of hydrogen-bond donors (Lipinski definition) is 4. The van der Waals surface area contributed by atoms with Gasteiger partial charge in [-0.1, -0.05) is 6.07 Å². The highest BCUT2D eigenvalue weighted by Crippen LogP contribution is 2.42. The Bertz CT molecular complexity index is 1110. The highest BCUT2D eigenvalue weighted by molar-refractivity contribution is 5.98. The number of nitriles is 2. The molecule has 0 saturated carbocycles. The first-order valence-electron chi connectivity index (χ1n) is 9.49. The summed E-state index contributed by atoms with van der Waals surface area (Å²) in [6, 6.07) is 7.26. The number of pyridine rings is 1. The van der Waals surface area contributed by atoms with Gasteiger partial charge in [0.05, 0.1) is 18.5 Å². The minimum atomic E-state index is -0.598. The molecule has 1 fully saturated rings. The van der Waals surface area contributed by atoms with E-state index in [1.807, 2.05) is 30.5 Å². The monoisotopic (exact) mass is 403 g/mol. The molecule has 0 bridgehead atoms. The molecular weight excluding hydrogens is 382 g/mol. The lowest BCUT2D eigenvalue weighted by molar-refractivity contribution is 0.414. The Morgan fingerprint density at radius 2 is 2.03 bits per heavy atom. The standard InChI is InChI=1S/C20H21N9O/c1-30-14-8-11(4-5-13(14)29-6-2-3-7-29)17-15-16(23)12(9-21)18(24)27-19(15)28-20(26-17)25-10-22/h4-5,8,17H,2-3,6-7H2,1H3,(H6,23,24,25,26,27,28). The molecule has 10 heteroatoms. The number of fused-ring (bicyclic) bond motifs is 1. The predicted octanol–water partition coefficient (Wildman–Crippen LogP) is 1.67. The van der Waals surface area contributed by atoms with Gasteiger partial charge in [0.1, 0.15) is 35.1 Å². The van der Waals surface area contributed by atoms with E-state index < -0.39 is 6.04 Å². The maximum Gasteiger partial charge on any atom is 0.211 e. The summed E-state index contributed by atoms with van der Waals surface area (Å²) in [6.07, 6.45) is 4.15. The van der Waals surface area contributed by atoms with Gasteiger partial charge in [-0.15, -0.1) is 0 Å². The number of nitrogen functional groups attached to an aromatic ring is 2. The molecule has 1 aromatic heterocycles. The number of nitrogens with one attached hydrogen (secondary N) is 2. The first-order chi connectivity index (χ1) is 14.6. The van der Waals surface area contributed by atoms with Crippen LogP contribution in [0.25, 0.3) is 0 Å². The maximum absolute atomic E-state index is 9.45. The van der Waals surface area contributed by atoms with E-state index in [0.717, 1.165) is 42.9 Å². The minimum Gasteiger partial charge on any atom is -0.495 e. The average molecular weight is 403 g/mol. The van der Waals surface area contributed by atoms with E-state index in [1.54, 1.807) is 7.11 Å². The number of nitrogens with two attached hydrogens (primary N) is 2. The molecule has 6 N–H and O–H groups in total. The van der Waals surface area contributed by atoms with Crippen LogP contribution in [0.2, 0.25) is 0 Å². The Morgan fingerprint density at radius 1 is 1.27 bits per heavy atom. The van der Waals surface area contributed by atoms with Gasteiger partial charge < -0.3 is 26.4 Å². The smallest absolute Gasteiger partial charge is 0.211 e. The summed E-state index contributed by atoms with van der Waals surface area (Å²) >= 11 is 0. The number of rotatable bonds is 3. The van der Waals surface area contributed by atoms with Gasteiger partial charge in [0.2, 0.25) is 5.96 Å². The van der Waals surface area contributed by atoms with Crippen molar-refractivity contribution in [2.75, 3.05) is 41.9 Å². The number of ether oxygens (including phenoxy) is 1. The normalized spacial score (nSPS) is 17.2. The summed E-state index contributed by atoms with van der Waals surface area (Å²) in [5, 5.41) is 23.9. The number of nitrogens with zero attached hydrogens (tertiary/aromatic N) is 5. The van der Waals surface area contributed by atoms with Crippen LogP contribution in [0.3, 0.4) is 0 Å². The molecule has 10 nitrogen and oxygen atoms in total. The number of benzene rings is 1. The van der Waals surface area contributed by atoms with E-state index in [2.05, 4.69) is 25.5 Å². The number of hydrogen-bond acceptors (Lipinski definition) is 10. The second-order valence-electron chi connectivity index (χ2n) is 7.03. The van der Waals surface area contributed by atoms with Gasteiger partial charge in [-0.2, -0.15) is 10.5 Å². The fourth-order valence-electron chi connectivity index (χ4n) is 3.91. The van der Waals surface area contributed by atoms with Crippen molar-refractivity contribution in [3.63, 3.8) is 0 Å². The van der Waals surface area contributed by atoms with Crippen molar-refractivity contribution in [2.24, 2.45) is 4.99 Å². The van der Waals surface area contributed by atoms with Crippen LogP contribution in [-0.2, 0) is 0 Å². The van der Waals surface area contributed by atoms with Crippen molar-refractivity contribution in [1.29, 1.82) is 10.5 Å². The van der Waals surface area contributed by atoms with Crippen molar-refractivity contribution in [3.8, 4) is 18.0 Å². The van der Waals surface area contributed by atoms with Gasteiger partial charge in [0, 0.05) is 18.7 Å². The Morgan fingerprint density at radius 3 is 2.70 bits per heavy atom. The van der Waals surface area contributed by atoms with E-state index in [4.69, 9.17) is 21.5 Å². The highest BCUT2D eigenvalue weighted by atomic mass is 16.5.